The van der Waals surface area contributed by atoms with Gasteiger partial charge in [0.15, 0.2) is 0 Å². The van der Waals surface area contributed by atoms with Gasteiger partial charge in [-0.1, -0.05) is 121 Å². The summed E-state index contributed by atoms with van der Waals surface area (Å²) in [5.74, 6) is 0. The summed E-state index contributed by atoms with van der Waals surface area (Å²) in [5.41, 5.74) is 13.8. The van der Waals surface area contributed by atoms with Crippen molar-refractivity contribution in [1.82, 2.24) is 13.4 Å². The second kappa shape index (κ2) is 9.79. The predicted octanol–water partition coefficient (Wildman–Crippen LogP) is 13.9. The van der Waals surface area contributed by atoms with Gasteiger partial charge in [0.25, 0.3) is 0 Å². The minimum atomic E-state index is 1.18. The van der Waals surface area contributed by atoms with Crippen LogP contribution in [0.2, 0.25) is 0 Å². The summed E-state index contributed by atoms with van der Waals surface area (Å²) in [6, 6.07) is 65.4. The molecule has 55 heavy (non-hydrogen) atoms. The van der Waals surface area contributed by atoms with Gasteiger partial charge in [0.05, 0.1) is 44.1 Å². The zero-order valence-corrected chi connectivity index (χ0v) is 29.6. The fourth-order valence-corrected chi connectivity index (χ4v) is 10.6. The van der Waals surface area contributed by atoms with Crippen LogP contribution in [0.3, 0.4) is 0 Å². The third-order valence-corrected chi connectivity index (χ3v) is 12.7. The lowest BCUT2D eigenvalue weighted by Crippen LogP contribution is -1.93. The van der Waals surface area contributed by atoms with Crippen LogP contribution in [0, 0.1) is 0 Å². The van der Waals surface area contributed by atoms with Crippen LogP contribution < -0.4 is 0 Å². The molecule has 0 saturated heterocycles. The van der Waals surface area contributed by atoms with Crippen LogP contribution in [-0.4, -0.2) is 13.4 Å². The van der Waals surface area contributed by atoms with Crippen molar-refractivity contribution >= 4 is 109 Å². The minimum absolute atomic E-state index is 1.18. The molecule has 0 N–H and O–H groups in total. The maximum Gasteiger partial charge on any atom is 0.0627 e. The molecule has 0 amide bonds. The van der Waals surface area contributed by atoms with Crippen molar-refractivity contribution in [2.75, 3.05) is 0 Å². The molecule has 252 valence electrons. The predicted molar refractivity (Wildman–Crippen MR) is 233 cm³/mol. The summed E-state index contributed by atoms with van der Waals surface area (Å²) in [6.07, 6.45) is 0. The number of para-hydroxylation sites is 5. The number of hydrogen-bond donors (Lipinski definition) is 0. The molecular formula is C52H29N3. The monoisotopic (exact) mass is 695 g/mol. The first-order chi connectivity index (χ1) is 27.3. The molecule has 0 aliphatic rings. The maximum atomic E-state index is 2.58. The molecule has 0 bridgehead atoms. The highest BCUT2D eigenvalue weighted by Crippen LogP contribution is 2.49. The Kier molecular flexibility index (Phi) is 5.01. The van der Waals surface area contributed by atoms with Crippen LogP contribution in [0.15, 0.2) is 176 Å². The zero-order chi connectivity index (χ0) is 35.5. The summed E-state index contributed by atoms with van der Waals surface area (Å²) in [4.78, 5) is 0. The molecule has 3 nitrogen and oxygen atoms in total. The lowest BCUT2D eigenvalue weighted by atomic mass is 9.97. The van der Waals surface area contributed by atoms with Gasteiger partial charge in [0, 0.05) is 65.1 Å². The number of benzene rings is 9. The smallest absolute Gasteiger partial charge is 0.0627 e. The molecule has 5 aromatic heterocycles. The van der Waals surface area contributed by atoms with E-state index in [1.165, 1.54) is 126 Å². The van der Waals surface area contributed by atoms with Gasteiger partial charge in [-0.05, 0) is 70.9 Å². The van der Waals surface area contributed by atoms with E-state index in [2.05, 4.69) is 189 Å². The molecule has 3 heteroatoms. The maximum absolute atomic E-state index is 2.58. The standard InChI is InChI=1S/C52H29N3/c1-2-13-32(14-3-1)53-42-22-8-6-16-35(42)40-28-31(24-25-44(40)53)34-18-10-19-37-38-20-11-21-39-47-45(55(50(34)37)51(38)39)26-27-46-49(47)48-33-15-5-4-12-30(33)29-41-36-17-7-9-23-43(36)54(46)52(41)48/h1-29H. The van der Waals surface area contributed by atoms with E-state index >= 15 is 0 Å². The van der Waals surface area contributed by atoms with E-state index < -0.39 is 0 Å². The normalized spacial score (nSPS) is 12.7. The van der Waals surface area contributed by atoms with Gasteiger partial charge >= 0.3 is 0 Å². The highest BCUT2D eigenvalue weighted by molar-refractivity contribution is 6.39. The Bertz CT molecular complexity index is 3930. The summed E-state index contributed by atoms with van der Waals surface area (Å²) in [7, 11) is 0. The number of rotatable bonds is 2. The van der Waals surface area contributed by atoms with Crippen LogP contribution in [0.4, 0.5) is 0 Å². The fourth-order valence-electron chi connectivity index (χ4n) is 10.6. The van der Waals surface area contributed by atoms with E-state index in [0.717, 1.165) is 0 Å². The van der Waals surface area contributed by atoms with Crippen molar-refractivity contribution in [3.8, 4) is 16.8 Å². The Morgan fingerprint density at radius 3 is 1.76 bits per heavy atom. The van der Waals surface area contributed by atoms with Crippen molar-refractivity contribution in [3.05, 3.63) is 176 Å². The Morgan fingerprint density at radius 2 is 0.909 bits per heavy atom. The van der Waals surface area contributed by atoms with Gasteiger partial charge in [-0.15, -0.1) is 0 Å². The largest absolute Gasteiger partial charge is 0.309 e. The lowest BCUT2D eigenvalue weighted by molar-refractivity contribution is 1.18. The van der Waals surface area contributed by atoms with E-state index in [-0.39, 0.29) is 0 Å². The third-order valence-electron chi connectivity index (χ3n) is 12.7. The molecular weight excluding hydrogens is 667 g/mol. The average molecular weight is 696 g/mol. The molecule has 14 rings (SSSR count). The van der Waals surface area contributed by atoms with E-state index in [1.807, 2.05) is 0 Å². The quantitative estimate of drug-likeness (QED) is 0.171. The summed E-state index contributed by atoms with van der Waals surface area (Å²) >= 11 is 0. The molecule has 0 saturated carbocycles. The number of aromatic nitrogens is 3. The van der Waals surface area contributed by atoms with E-state index in [9.17, 15) is 0 Å². The first-order valence-corrected chi connectivity index (χ1v) is 19.1. The minimum Gasteiger partial charge on any atom is -0.309 e. The Morgan fingerprint density at radius 1 is 0.291 bits per heavy atom. The highest BCUT2D eigenvalue weighted by Gasteiger charge is 2.26. The molecule has 0 atom stereocenters. The van der Waals surface area contributed by atoms with Crippen molar-refractivity contribution in [2.24, 2.45) is 0 Å². The molecule has 0 unspecified atom stereocenters. The van der Waals surface area contributed by atoms with Gasteiger partial charge in [-0.25, -0.2) is 0 Å². The first-order valence-electron chi connectivity index (χ1n) is 19.1. The third kappa shape index (κ3) is 3.31. The fraction of sp³-hybridized carbons (Fsp3) is 0. The molecule has 9 aromatic carbocycles. The molecule has 0 fully saturated rings. The van der Waals surface area contributed by atoms with Crippen LogP contribution >= 0.6 is 0 Å². The molecule has 14 aromatic rings. The van der Waals surface area contributed by atoms with Gasteiger partial charge in [0.1, 0.15) is 0 Å². The van der Waals surface area contributed by atoms with Crippen molar-refractivity contribution < 1.29 is 0 Å². The van der Waals surface area contributed by atoms with Gasteiger partial charge in [-0.3, -0.25) is 0 Å². The van der Waals surface area contributed by atoms with Crippen molar-refractivity contribution in [3.63, 3.8) is 0 Å². The molecule has 0 spiro atoms. The van der Waals surface area contributed by atoms with Gasteiger partial charge in [0.2, 0.25) is 0 Å². The van der Waals surface area contributed by atoms with Crippen LogP contribution in [0.25, 0.3) is 126 Å². The average Bonchev–Trinajstić information content (AvgIpc) is 4.03. The first kappa shape index (κ1) is 28.2. The molecule has 0 aliphatic heterocycles. The SMILES string of the molecule is c1ccc(-n2c3ccccc3c3cc(-c4cccc5c6cccc7c8c9c%10c%11ccccc%11cc%11c%12ccccc%12n(c9ccc8n(c45)c67)c%11%10)ccc32)cc1. The lowest BCUT2D eigenvalue weighted by Gasteiger charge is -2.09. The molecule has 0 aliphatic carbocycles. The van der Waals surface area contributed by atoms with Crippen molar-refractivity contribution in [2.45, 2.75) is 0 Å². The van der Waals surface area contributed by atoms with Gasteiger partial charge in [-0.2, -0.15) is 0 Å². The van der Waals surface area contributed by atoms with Crippen LogP contribution in [0.5, 0.6) is 0 Å². The Labute approximate surface area is 313 Å². The second-order valence-electron chi connectivity index (χ2n) is 15.2. The number of hydrogen-bond acceptors (Lipinski definition) is 0. The Hall–Kier alpha value is -7.36. The highest BCUT2D eigenvalue weighted by atomic mass is 15.0. The van der Waals surface area contributed by atoms with Crippen molar-refractivity contribution in [1.29, 1.82) is 0 Å². The summed E-state index contributed by atoms with van der Waals surface area (Å²) < 4.78 is 7.50. The molecule has 5 heterocycles. The summed E-state index contributed by atoms with van der Waals surface area (Å²) in [6.45, 7) is 0. The number of nitrogens with zero attached hydrogens (tertiary/aromatic N) is 3. The summed E-state index contributed by atoms with van der Waals surface area (Å²) in [5, 5.41) is 15.7. The van der Waals surface area contributed by atoms with Gasteiger partial charge < -0.3 is 13.4 Å². The second-order valence-corrected chi connectivity index (χ2v) is 15.2. The Balaban J connectivity index is 1.14. The topological polar surface area (TPSA) is 13.8 Å². The molecule has 0 radical (unpaired) electrons. The zero-order valence-electron chi connectivity index (χ0n) is 29.6. The van der Waals surface area contributed by atoms with E-state index in [1.54, 1.807) is 0 Å². The van der Waals surface area contributed by atoms with E-state index in [4.69, 9.17) is 0 Å². The van der Waals surface area contributed by atoms with E-state index in [0.29, 0.717) is 0 Å². The van der Waals surface area contributed by atoms with Crippen LogP contribution in [0.1, 0.15) is 0 Å². The number of fused-ring (bicyclic) bond motifs is 18. The van der Waals surface area contributed by atoms with Crippen LogP contribution in [-0.2, 0) is 0 Å².